The average molecular weight is 179 g/mol. The molecule has 1 N–H and O–H groups in total. The van der Waals surface area contributed by atoms with E-state index in [9.17, 15) is 0 Å². The van der Waals surface area contributed by atoms with Crippen LogP contribution in [0.3, 0.4) is 0 Å². The van der Waals surface area contributed by atoms with Crippen molar-refractivity contribution in [3.63, 3.8) is 0 Å². The topological polar surface area (TPSA) is 47.0 Å². The van der Waals surface area contributed by atoms with E-state index in [0.29, 0.717) is 12.0 Å². The van der Waals surface area contributed by atoms with Crippen LogP contribution in [0.4, 0.5) is 0 Å². The first-order chi connectivity index (χ1) is 6.38. The van der Waals surface area contributed by atoms with Crippen LogP contribution in [0.5, 0.6) is 5.88 Å². The van der Waals surface area contributed by atoms with Crippen molar-refractivity contribution in [2.75, 3.05) is 13.1 Å². The molecule has 0 spiro atoms. The van der Waals surface area contributed by atoms with Gasteiger partial charge in [-0.3, -0.25) is 0 Å². The third-order valence-corrected chi connectivity index (χ3v) is 2.09. The Morgan fingerprint density at radius 3 is 3.00 bits per heavy atom. The summed E-state index contributed by atoms with van der Waals surface area (Å²) in [6, 6.07) is 1.90. The largest absolute Gasteiger partial charge is 0.472 e. The van der Waals surface area contributed by atoms with Crippen molar-refractivity contribution in [2.45, 2.75) is 19.4 Å². The Kier molecular flexibility index (Phi) is 2.40. The van der Waals surface area contributed by atoms with E-state index in [2.05, 4.69) is 22.2 Å². The molecule has 4 heteroatoms. The summed E-state index contributed by atoms with van der Waals surface area (Å²) >= 11 is 0. The molecule has 2 rings (SSSR count). The van der Waals surface area contributed by atoms with Gasteiger partial charge in [-0.2, -0.15) is 0 Å². The molecule has 0 saturated carbocycles. The number of nitrogens with one attached hydrogen (secondary N) is 1. The van der Waals surface area contributed by atoms with Gasteiger partial charge in [-0.25, -0.2) is 9.97 Å². The van der Waals surface area contributed by atoms with Crippen LogP contribution in [0, 0.1) is 0 Å². The van der Waals surface area contributed by atoms with Gasteiger partial charge < -0.3 is 10.1 Å². The minimum absolute atomic E-state index is 0.291. The molecule has 1 saturated heterocycles. The zero-order chi connectivity index (χ0) is 9.10. The molecule has 2 heterocycles. The fraction of sp³-hybridized carbons (Fsp3) is 0.556. The highest BCUT2D eigenvalue weighted by Gasteiger charge is 2.18. The Hall–Kier alpha value is -1.16. The van der Waals surface area contributed by atoms with Crippen LogP contribution in [-0.4, -0.2) is 29.2 Å². The van der Waals surface area contributed by atoms with Crippen LogP contribution >= 0.6 is 0 Å². The normalized spacial score (nSPS) is 16.7. The van der Waals surface area contributed by atoms with E-state index in [1.165, 1.54) is 0 Å². The fourth-order valence-corrected chi connectivity index (χ4v) is 1.15. The SMILES string of the molecule is CCc1cc(OC2CNC2)ncn1. The lowest BCUT2D eigenvalue weighted by Gasteiger charge is -2.27. The first-order valence-electron chi connectivity index (χ1n) is 4.57. The quantitative estimate of drug-likeness (QED) is 0.729. The summed E-state index contributed by atoms with van der Waals surface area (Å²) in [7, 11) is 0. The van der Waals surface area contributed by atoms with Gasteiger partial charge in [0, 0.05) is 24.8 Å². The Bertz CT molecular complexity index is 286. The highest BCUT2D eigenvalue weighted by atomic mass is 16.5. The molecule has 1 aromatic heterocycles. The van der Waals surface area contributed by atoms with Crippen molar-refractivity contribution in [3.05, 3.63) is 18.1 Å². The maximum Gasteiger partial charge on any atom is 0.216 e. The molecule has 1 aliphatic heterocycles. The van der Waals surface area contributed by atoms with Crippen LogP contribution in [0.1, 0.15) is 12.6 Å². The predicted molar refractivity (Wildman–Crippen MR) is 48.7 cm³/mol. The average Bonchev–Trinajstić information content (AvgIpc) is 2.12. The van der Waals surface area contributed by atoms with Crippen LogP contribution in [-0.2, 0) is 6.42 Å². The fourth-order valence-electron chi connectivity index (χ4n) is 1.15. The first-order valence-corrected chi connectivity index (χ1v) is 4.57. The van der Waals surface area contributed by atoms with Crippen LogP contribution in [0.15, 0.2) is 12.4 Å². The molecular weight excluding hydrogens is 166 g/mol. The van der Waals surface area contributed by atoms with Gasteiger partial charge in [0.15, 0.2) is 0 Å². The van der Waals surface area contributed by atoms with Crippen LogP contribution in [0.25, 0.3) is 0 Å². The number of hydrogen-bond acceptors (Lipinski definition) is 4. The molecule has 1 aromatic rings. The molecule has 0 atom stereocenters. The molecule has 0 unspecified atom stereocenters. The molecule has 1 fully saturated rings. The van der Waals surface area contributed by atoms with Gasteiger partial charge in [0.05, 0.1) is 0 Å². The lowest BCUT2D eigenvalue weighted by atomic mass is 10.2. The second-order valence-corrected chi connectivity index (χ2v) is 3.10. The van der Waals surface area contributed by atoms with E-state index in [4.69, 9.17) is 4.74 Å². The summed E-state index contributed by atoms with van der Waals surface area (Å²) in [5, 5.41) is 3.14. The van der Waals surface area contributed by atoms with E-state index in [1.54, 1.807) is 6.33 Å². The van der Waals surface area contributed by atoms with E-state index in [0.717, 1.165) is 25.2 Å². The molecule has 0 aliphatic carbocycles. The number of aromatic nitrogens is 2. The second kappa shape index (κ2) is 3.70. The number of nitrogens with zero attached hydrogens (tertiary/aromatic N) is 2. The number of hydrogen-bond donors (Lipinski definition) is 1. The summed E-state index contributed by atoms with van der Waals surface area (Å²) in [5.41, 5.74) is 1.03. The van der Waals surface area contributed by atoms with Crippen molar-refractivity contribution < 1.29 is 4.74 Å². The number of aryl methyl sites for hydroxylation is 1. The zero-order valence-electron chi connectivity index (χ0n) is 7.66. The lowest BCUT2D eigenvalue weighted by molar-refractivity contribution is 0.136. The maximum absolute atomic E-state index is 5.58. The van der Waals surface area contributed by atoms with Gasteiger partial charge in [-0.1, -0.05) is 6.92 Å². The van der Waals surface area contributed by atoms with Gasteiger partial charge in [-0.05, 0) is 6.42 Å². The lowest BCUT2D eigenvalue weighted by Crippen LogP contribution is -2.50. The maximum atomic E-state index is 5.58. The van der Waals surface area contributed by atoms with E-state index >= 15 is 0 Å². The van der Waals surface area contributed by atoms with Crippen molar-refractivity contribution >= 4 is 0 Å². The number of rotatable bonds is 3. The summed E-state index contributed by atoms with van der Waals surface area (Å²) in [4.78, 5) is 8.15. The van der Waals surface area contributed by atoms with Crippen molar-refractivity contribution in [3.8, 4) is 5.88 Å². The van der Waals surface area contributed by atoms with Gasteiger partial charge in [0.25, 0.3) is 0 Å². The van der Waals surface area contributed by atoms with Crippen LogP contribution < -0.4 is 10.1 Å². The van der Waals surface area contributed by atoms with Crippen LogP contribution in [0.2, 0.25) is 0 Å². The van der Waals surface area contributed by atoms with Crippen molar-refractivity contribution in [1.29, 1.82) is 0 Å². The van der Waals surface area contributed by atoms with E-state index in [-0.39, 0.29) is 0 Å². The minimum atomic E-state index is 0.291. The summed E-state index contributed by atoms with van der Waals surface area (Å²) < 4.78 is 5.58. The minimum Gasteiger partial charge on any atom is -0.472 e. The molecule has 0 bridgehead atoms. The molecule has 70 valence electrons. The molecule has 0 radical (unpaired) electrons. The van der Waals surface area contributed by atoms with Gasteiger partial charge in [0.2, 0.25) is 5.88 Å². The zero-order valence-corrected chi connectivity index (χ0v) is 7.66. The molecule has 13 heavy (non-hydrogen) atoms. The predicted octanol–water partition coefficient (Wildman–Crippen LogP) is 0.390. The van der Waals surface area contributed by atoms with Crippen molar-refractivity contribution in [1.82, 2.24) is 15.3 Å². The Balaban J connectivity index is 2.01. The third-order valence-electron chi connectivity index (χ3n) is 2.09. The second-order valence-electron chi connectivity index (χ2n) is 3.10. The van der Waals surface area contributed by atoms with Crippen molar-refractivity contribution in [2.24, 2.45) is 0 Å². The van der Waals surface area contributed by atoms with Gasteiger partial charge >= 0.3 is 0 Å². The standard InChI is InChI=1S/C9H13N3O/c1-2-7-3-9(12-6-11-7)13-8-4-10-5-8/h3,6,8,10H,2,4-5H2,1H3. The smallest absolute Gasteiger partial charge is 0.216 e. The Labute approximate surface area is 77.4 Å². The third kappa shape index (κ3) is 1.95. The highest BCUT2D eigenvalue weighted by molar-refractivity contribution is 5.14. The molecule has 0 amide bonds. The van der Waals surface area contributed by atoms with Gasteiger partial charge in [-0.15, -0.1) is 0 Å². The molecule has 4 nitrogen and oxygen atoms in total. The summed E-state index contributed by atoms with van der Waals surface area (Å²) in [5.74, 6) is 0.693. The Morgan fingerprint density at radius 1 is 1.54 bits per heavy atom. The Morgan fingerprint density at radius 2 is 2.38 bits per heavy atom. The van der Waals surface area contributed by atoms with Gasteiger partial charge in [0.1, 0.15) is 12.4 Å². The highest BCUT2D eigenvalue weighted by Crippen LogP contribution is 2.10. The molecule has 0 aromatic carbocycles. The first kappa shape index (κ1) is 8.44. The number of ether oxygens (including phenoxy) is 1. The molecular formula is C9H13N3O. The van der Waals surface area contributed by atoms with E-state index < -0.39 is 0 Å². The van der Waals surface area contributed by atoms with E-state index in [1.807, 2.05) is 6.07 Å². The summed E-state index contributed by atoms with van der Waals surface area (Å²) in [6.07, 6.45) is 2.77. The molecule has 1 aliphatic rings. The summed E-state index contributed by atoms with van der Waals surface area (Å²) in [6.45, 7) is 3.91. The monoisotopic (exact) mass is 179 g/mol.